The van der Waals surface area contributed by atoms with Crippen LogP contribution in [-0.4, -0.2) is 71.4 Å². The molecule has 0 unspecified atom stereocenters. The number of likely N-dealkylation sites (tertiary alicyclic amines) is 1. The standard InChI is InChI=1S/C29H25FN8O2/c30-19-7-17(9-21(10-19)40-6-5-38-3-1-2-4-38)23-14-32-15-26-27(23)35-29(34-26)28-22-11-24(33-16-25(22)36-37-28)18-8-20(39)13-31-12-18/h7-16,39H,1-6H2,(H,34,35)(H,36,37). The number of nitrogens with one attached hydrogen (secondary N) is 2. The monoisotopic (exact) mass is 536 g/mol. The lowest BCUT2D eigenvalue weighted by Gasteiger charge is -2.15. The van der Waals surface area contributed by atoms with E-state index >= 15 is 0 Å². The van der Waals surface area contributed by atoms with Gasteiger partial charge in [-0.3, -0.25) is 25.0 Å². The Morgan fingerprint density at radius 1 is 0.925 bits per heavy atom. The molecule has 0 bridgehead atoms. The lowest BCUT2D eigenvalue weighted by molar-refractivity contribution is 0.237. The van der Waals surface area contributed by atoms with E-state index in [0.717, 1.165) is 30.5 Å². The zero-order chi connectivity index (χ0) is 27.1. The van der Waals surface area contributed by atoms with Crippen molar-refractivity contribution >= 4 is 21.9 Å². The number of rotatable bonds is 7. The number of aromatic amines is 2. The summed E-state index contributed by atoms with van der Waals surface area (Å²) < 4.78 is 20.6. The molecule has 0 atom stereocenters. The molecule has 0 amide bonds. The van der Waals surface area contributed by atoms with Crippen molar-refractivity contribution in [3.05, 3.63) is 67.1 Å². The van der Waals surface area contributed by atoms with Crippen LogP contribution in [0.15, 0.2) is 61.3 Å². The van der Waals surface area contributed by atoms with Crippen molar-refractivity contribution in [3.63, 3.8) is 0 Å². The number of imidazole rings is 1. The van der Waals surface area contributed by atoms with Crippen LogP contribution in [0.4, 0.5) is 4.39 Å². The Labute approximate surface area is 227 Å². The molecule has 1 fully saturated rings. The number of halogens is 1. The average molecular weight is 537 g/mol. The summed E-state index contributed by atoms with van der Waals surface area (Å²) in [7, 11) is 0. The number of benzene rings is 1. The normalized spacial score (nSPS) is 13.9. The Balaban J connectivity index is 1.23. The third kappa shape index (κ3) is 4.60. The van der Waals surface area contributed by atoms with Gasteiger partial charge < -0.3 is 14.8 Å². The van der Waals surface area contributed by atoms with E-state index in [2.05, 4.69) is 35.0 Å². The number of fused-ring (bicyclic) bond motifs is 2. The number of H-pyrrole nitrogens is 2. The van der Waals surface area contributed by atoms with Crippen molar-refractivity contribution in [2.45, 2.75) is 12.8 Å². The number of ether oxygens (including phenoxy) is 1. The molecule has 7 rings (SSSR count). The van der Waals surface area contributed by atoms with E-state index in [9.17, 15) is 9.50 Å². The molecule has 6 aromatic rings. The van der Waals surface area contributed by atoms with Gasteiger partial charge in [-0.05, 0) is 55.8 Å². The van der Waals surface area contributed by atoms with Crippen molar-refractivity contribution in [2.24, 2.45) is 0 Å². The Hall–Kier alpha value is -4.90. The fraction of sp³-hybridized carbons (Fsp3) is 0.207. The Morgan fingerprint density at radius 3 is 2.67 bits per heavy atom. The molecule has 1 aromatic carbocycles. The van der Waals surface area contributed by atoms with Gasteiger partial charge in [0.2, 0.25) is 0 Å². The Bertz CT molecular complexity index is 1840. The third-order valence-electron chi connectivity index (χ3n) is 7.14. The Morgan fingerprint density at radius 2 is 1.80 bits per heavy atom. The van der Waals surface area contributed by atoms with E-state index in [1.807, 2.05) is 12.1 Å². The van der Waals surface area contributed by atoms with Crippen LogP contribution in [0.2, 0.25) is 0 Å². The Kier molecular flexibility index (Phi) is 6.05. The summed E-state index contributed by atoms with van der Waals surface area (Å²) in [6.07, 6.45) is 10.5. The predicted molar refractivity (Wildman–Crippen MR) is 148 cm³/mol. The predicted octanol–water partition coefficient (Wildman–Crippen LogP) is 4.94. The molecule has 0 spiro atoms. The summed E-state index contributed by atoms with van der Waals surface area (Å²) in [4.78, 5) is 23.4. The third-order valence-corrected chi connectivity index (χ3v) is 7.14. The molecular weight excluding hydrogens is 511 g/mol. The van der Waals surface area contributed by atoms with Gasteiger partial charge in [-0.1, -0.05) is 0 Å². The minimum Gasteiger partial charge on any atom is -0.506 e. The van der Waals surface area contributed by atoms with Crippen molar-refractivity contribution in [1.29, 1.82) is 0 Å². The fourth-order valence-corrected chi connectivity index (χ4v) is 5.18. The molecule has 0 radical (unpaired) electrons. The number of aromatic hydroxyl groups is 1. The van der Waals surface area contributed by atoms with Gasteiger partial charge in [-0.25, -0.2) is 9.37 Å². The van der Waals surface area contributed by atoms with E-state index in [1.54, 1.807) is 30.9 Å². The first kappa shape index (κ1) is 24.2. The molecule has 11 heteroatoms. The molecule has 200 valence electrons. The van der Waals surface area contributed by atoms with E-state index in [1.165, 1.54) is 31.2 Å². The summed E-state index contributed by atoms with van der Waals surface area (Å²) in [6.45, 7) is 3.49. The second-order valence-corrected chi connectivity index (χ2v) is 9.86. The molecule has 0 saturated carbocycles. The van der Waals surface area contributed by atoms with E-state index in [0.29, 0.717) is 57.3 Å². The van der Waals surface area contributed by atoms with Crippen LogP contribution in [0.3, 0.4) is 0 Å². The first-order valence-electron chi connectivity index (χ1n) is 13.1. The minimum atomic E-state index is -0.388. The highest BCUT2D eigenvalue weighted by molar-refractivity contribution is 5.97. The van der Waals surface area contributed by atoms with Crippen LogP contribution < -0.4 is 4.74 Å². The fourth-order valence-electron chi connectivity index (χ4n) is 5.18. The molecular formula is C29H25FN8O2. The summed E-state index contributed by atoms with van der Waals surface area (Å²) in [5, 5.41) is 18.1. The summed E-state index contributed by atoms with van der Waals surface area (Å²) >= 11 is 0. The molecule has 1 aliphatic heterocycles. The van der Waals surface area contributed by atoms with Gasteiger partial charge in [-0.2, -0.15) is 5.10 Å². The number of hydrogen-bond donors (Lipinski definition) is 3. The van der Waals surface area contributed by atoms with Crippen LogP contribution >= 0.6 is 0 Å². The van der Waals surface area contributed by atoms with Crippen molar-refractivity contribution in [3.8, 4) is 45.4 Å². The van der Waals surface area contributed by atoms with E-state index < -0.39 is 0 Å². The number of pyridine rings is 3. The number of nitrogens with zero attached hydrogens (tertiary/aromatic N) is 6. The van der Waals surface area contributed by atoms with Crippen LogP contribution in [-0.2, 0) is 0 Å². The van der Waals surface area contributed by atoms with Gasteiger partial charge in [0.05, 0.1) is 40.8 Å². The lowest BCUT2D eigenvalue weighted by Crippen LogP contribution is -2.25. The molecule has 10 nitrogen and oxygen atoms in total. The first-order valence-corrected chi connectivity index (χ1v) is 13.1. The maximum absolute atomic E-state index is 14.7. The molecule has 3 N–H and O–H groups in total. The van der Waals surface area contributed by atoms with Gasteiger partial charge in [0.15, 0.2) is 5.82 Å². The van der Waals surface area contributed by atoms with Crippen LogP contribution in [0.1, 0.15) is 12.8 Å². The molecule has 6 heterocycles. The van der Waals surface area contributed by atoms with Gasteiger partial charge in [0, 0.05) is 41.5 Å². The maximum Gasteiger partial charge on any atom is 0.159 e. The highest BCUT2D eigenvalue weighted by Crippen LogP contribution is 2.34. The zero-order valence-corrected chi connectivity index (χ0v) is 21.4. The number of hydrogen-bond acceptors (Lipinski definition) is 8. The van der Waals surface area contributed by atoms with Gasteiger partial charge in [-0.15, -0.1) is 0 Å². The molecule has 5 aromatic heterocycles. The molecule has 1 saturated heterocycles. The molecule has 40 heavy (non-hydrogen) atoms. The minimum absolute atomic E-state index is 0.0571. The molecule has 0 aliphatic carbocycles. The van der Waals surface area contributed by atoms with Crippen molar-refractivity contribution in [2.75, 3.05) is 26.2 Å². The van der Waals surface area contributed by atoms with Gasteiger partial charge in [0.25, 0.3) is 0 Å². The van der Waals surface area contributed by atoms with Crippen molar-refractivity contribution < 1.29 is 14.2 Å². The van der Waals surface area contributed by atoms with E-state index in [-0.39, 0.29) is 11.6 Å². The summed E-state index contributed by atoms with van der Waals surface area (Å²) in [5.41, 5.74) is 5.27. The topological polar surface area (TPSA) is 129 Å². The highest BCUT2D eigenvalue weighted by atomic mass is 19.1. The summed E-state index contributed by atoms with van der Waals surface area (Å²) in [5.74, 6) is 0.671. The average Bonchev–Trinajstić information content (AvgIpc) is 3.72. The van der Waals surface area contributed by atoms with Gasteiger partial charge in [0.1, 0.15) is 29.6 Å². The van der Waals surface area contributed by atoms with Crippen molar-refractivity contribution in [1.82, 2.24) is 40.0 Å². The van der Waals surface area contributed by atoms with Gasteiger partial charge >= 0.3 is 0 Å². The van der Waals surface area contributed by atoms with Crippen LogP contribution in [0.5, 0.6) is 11.5 Å². The SMILES string of the molecule is Oc1cncc(-c2cc3c(-c4nc5c(-c6cc(F)cc(OCCN7CCCC7)c6)cncc5[nH]4)n[nH]c3cn2)c1. The molecule has 1 aliphatic rings. The number of aromatic nitrogens is 7. The largest absolute Gasteiger partial charge is 0.506 e. The second kappa shape index (κ2) is 10.0. The van der Waals surface area contributed by atoms with Crippen LogP contribution in [0.25, 0.3) is 55.8 Å². The zero-order valence-electron chi connectivity index (χ0n) is 21.4. The maximum atomic E-state index is 14.7. The summed E-state index contributed by atoms with van der Waals surface area (Å²) in [6, 6.07) is 8.16. The smallest absolute Gasteiger partial charge is 0.159 e. The van der Waals surface area contributed by atoms with E-state index in [4.69, 9.17) is 9.72 Å². The first-order chi connectivity index (χ1) is 19.6. The van der Waals surface area contributed by atoms with Crippen LogP contribution in [0, 0.1) is 5.82 Å². The quantitative estimate of drug-likeness (QED) is 0.262. The second-order valence-electron chi connectivity index (χ2n) is 9.86. The lowest BCUT2D eigenvalue weighted by atomic mass is 10.1. The highest BCUT2D eigenvalue weighted by Gasteiger charge is 2.18.